The molecule has 0 spiro atoms. The van der Waals surface area contributed by atoms with E-state index in [1.807, 2.05) is 0 Å². The molecule has 0 aromatic heterocycles. The highest BCUT2D eigenvalue weighted by molar-refractivity contribution is 7.91. The van der Waals surface area contributed by atoms with Crippen LogP contribution in [0.5, 0.6) is 0 Å². The Kier molecular flexibility index (Phi) is 7.08. The van der Waals surface area contributed by atoms with Crippen molar-refractivity contribution in [2.75, 3.05) is 31.8 Å². The van der Waals surface area contributed by atoms with E-state index in [2.05, 4.69) is 5.32 Å². The number of sulfone groups is 1. The standard InChI is InChI=1S/C9H21NO4S/c1-4-15(12,13)7-8(2)10-9(5-11)6-14-3/h8-11H,4-7H2,1-3H3. The van der Waals surface area contributed by atoms with Crippen molar-refractivity contribution in [3.8, 4) is 0 Å². The lowest BCUT2D eigenvalue weighted by Gasteiger charge is -2.20. The van der Waals surface area contributed by atoms with Gasteiger partial charge in [0.25, 0.3) is 0 Å². The van der Waals surface area contributed by atoms with Crippen LogP contribution in [-0.2, 0) is 14.6 Å². The summed E-state index contributed by atoms with van der Waals surface area (Å²) in [5.41, 5.74) is 0. The third-order valence-corrected chi connectivity index (χ3v) is 3.94. The predicted octanol–water partition coefficient (Wildman–Crippen LogP) is -0.593. The second-order valence-electron chi connectivity index (χ2n) is 3.60. The van der Waals surface area contributed by atoms with Gasteiger partial charge in [-0.1, -0.05) is 6.92 Å². The molecule has 0 bridgehead atoms. The monoisotopic (exact) mass is 239 g/mol. The van der Waals surface area contributed by atoms with Crippen LogP contribution in [-0.4, -0.2) is 57.4 Å². The average molecular weight is 239 g/mol. The molecule has 0 aliphatic heterocycles. The van der Waals surface area contributed by atoms with Gasteiger partial charge in [-0.2, -0.15) is 0 Å². The summed E-state index contributed by atoms with van der Waals surface area (Å²) in [6.45, 7) is 3.71. The summed E-state index contributed by atoms with van der Waals surface area (Å²) in [5, 5.41) is 12.0. The zero-order chi connectivity index (χ0) is 11.9. The summed E-state index contributed by atoms with van der Waals surface area (Å²) in [7, 11) is -1.43. The number of aliphatic hydroxyl groups excluding tert-OH is 1. The third kappa shape index (κ3) is 6.83. The minimum atomic E-state index is -2.97. The van der Waals surface area contributed by atoms with Crippen molar-refractivity contribution in [1.29, 1.82) is 0 Å². The van der Waals surface area contributed by atoms with Crippen LogP contribution in [0.15, 0.2) is 0 Å². The van der Waals surface area contributed by atoms with Gasteiger partial charge < -0.3 is 15.2 Å². The van der Waals surface area contributed by atoms with Crippen molar-refractivity contribution in [3.05, 3.63) is 0 Å². The number of rotatable bonds is 8. The van der Waals surface area contributed by atoms with Gasteiger partial charge in [-0.15, -0.1) is 0 Å². The molecule has 2 atom stereocenters. The molecule has 0 aliphatic rings. The van der Waals surface area contributed by atoms with Crippen molar-refractivity contribution in [1.82, 2.24) is 5.32 Å². The highest BCUT2D eigenvalue weighted by Crippen LogP contribution is 1.96. The normalized spacial score (nSPS) is 16.3. The molecule has 2 N–H and O–H groups in total. The number of nitrogens with one attached hydrogen (secondary N) is 1. The van der Waals surface area contributed by atoms with Gasteiger partial charge in [0.1, 0.15) is 0 Å². The van der Waals surface area contributed by atoms with Crippen LogP contribution in [0, 0.1) is 0 Å². The van der Waals surface area contributed by atoms with Gasteiger partial charge in [-0.3, -0.25) is 0 Å². The van der Waals surface area contributed by atoms with Gasteiger partial charge in [-0.05, 0) is 6.92 Å². The number of methoxy groups -OCH3 is 1. The Bertz CT molecular complexity index is 253. The molecule has 0 radical (unpaired) electrons. The molecule has 6 heteroatoms. The summed E-state index contributed by atoms with van der Waals surface area (Å²) < 4.78 is 27.5. The van der Waals surface area contributed by atoms with Crippen LogP contribution in [0.2, 0.25) is 0 Å². The fourth-order valence-electron chi connectivity index (χ4n) is 1.30. The molecular formula is C9H21NO4S. The van der Waals surface area contributed by atoms with E-state index in [0.717, 1.165) is 0 Å². The molecule has 15 heavy (non-hydrogen) atoms. The van der Waals surface area contributed by atoms with Gasteiger partial charge in [0.05, 0.1) is 25.0 Å². The van der Waals surface area contributed by atoms with E-state index in [4.69, 9.17) is 9.84 Å². The Morgan fingerprint density at radius 1 is 1.47 bits per heavy atom. The van der Waals surface area contributed by atoms with Gasteiger partial charge >= 0.3 is 0 Å². The van der Waals surface area contributed by atoms with Gasteiger partial charge in [-0.25, -0.2) is 8.42 Å². The summed E-state index contributed by atoms with van der Waals surface area (Å²) in [5.74, 6) is 0.233. The van der Waals surface area contributed by atoms with E-state index in [1.54, 1.807) is 13.8 Å². The average Bonchev–Trinajstić information content (AvgIpc) is 2.16. The van der Waals surface area contributed by atoms with Gasteiger partial charge in [0, 0.05) is 18.9 Å². The van der Waals surface area contributed by atoms with Crippen LogP contribution in [0.4, 0.5) is 0 Å². The number of ether oxygens (including phenoxy) is 1. The smallest absolute Gasteiger partial charge is 0.151 e. The molecular weight excluding hydrogens is 218 g/mol. The molecule has 0 saturated heterocycles. The van der Waals surface area contributed by atoms with E-state index in [9.17, 15) is 8.42 Å². The Hall–Kier alpha value is -0.170. The van der Waals surface area contributed by atoms with Crippen LogP contribution < -0.4 is 5.32 Å². The fraction of sp³-hybridized carbons (Fsp3) is 1.00. The summed E-state index contributed by atoms with van der Waals surface area (Å²) in [4.78, 5) is 0. The van der Waals surface area contributed by atoms with E-state index in [0.29, 0.717) is 6.61 Å². The predicted molar refractivity (Wildman–Crippen MR) is 59.7 cm³/mol. The minimum Gasteiger partial charge on any atom is -0.395 e. The van der Waals surface area contributed by atoms with E-state index < -0.39 is 9.84 Å². The van der Waals surface area contributed by atoms with Gasteiger partial charge in [0.15, 0.2) is 9.84 Å². The summed E-state index contributed by atoms with van der Waals surface area (Å²) in [6.07, 6.45) is 0. The third-order valence-electron chi connectivity index (χ3n) is 2.05. The quantitative estimate of drug-likeness (QED) is 0.592. The zero-order valence-corrected chi connectivity index (χ0v) is 10.4. The topological polar surface area (TPSA) is 75.6 Å². The first-order valence-corrected chi connectivity index (χ1v) is 6.83. The van der Waals surface area contributed by atoms with Crippen molar-refractivity contribution in [3.63, 3.8) is 0 Å². The lowest BCUT2D eigenvalue weighted by atomic mass is 10.3. The molecule has 0 saturated carbocycles. The summed E-state index contributed by atoms with van der Waals surface area (Å²) >= 11 is 0. The largest absolute Gasteiger partial charge is 0.395 e. The van der Waals surface area contributed by atoms with E-state index in [1.165, 1.54) is 7.11 Å². The van der Waals surface area contributed by atoms with Crippen LogP contribution in [0.3, 0.4) is 0 Å². The summed E-state index contributed by atoms with van der Waals surface area (Å²) in [6, 6.07) is -0.390. The molecule has 0 amide bonds. The second kappa shape index (κ2) is 7.16. The van der Waals surface area contributed by atoms with Crippen LogP contribution in [0.1, 0.15) is 13.8 Å². The Balaban J connectivity index is 4.06. The molecule has 0 aliphatic carbocycles. The van der Waals surface area contributed by atoms with E-state index in [-0.39, 0.29) is 30.2 Å². The molecule has 0 aromatic carbocycles. The van der Waals surface area contributed by atoms with E-state index >= 15 is 0 Å². The van der Waals surface area contributed by atoms with Crippen molar-refractivity contribution >= 4 is 9.84 Å². The number of hydrogen-bond acceptors (Lipinski definition) is 5. The molecule has 92 valence electrons. The Morgan fingerprint density at radius 3 is 2.47 bits per heavy atom. The highest BCUT2D eigenvalue weighted by atomic mass is 32.2. The van der Waals surface area contributed by atoms with Crippen LogP contribution >= 0.6 is 0 Å². The fourth-order valence-corrected chi connectivity index (χ4v) is 2.40. The SMILES string of the molecule is CCS(=O)(=O)CC(C)NC(CO)COC. The maximum absolute atomic E-state index is 11.3. The molecule has 0 rings (SSSR count). The number of aliphatic hydroxyl groups is 1. The Labute approximate surface area is 91.7 Å². The van der Waals surface area contributed by atoms with Crippen molar-refractivity contribution in [2.24, 2.45) is 0 Å². The van der Waals surface area contributed by atoms with Crippen molar-refractivity contribution in [2.45, 2.75) is 25.9 Å². The minimum absolute atomic E-state index is 0.0651. The highest BCUT2D eigenvalue weighted by Gasteiger charge is 2.16. The zero-order valence-electron chi connectivity index (χ0n) is 9.56. The maximum Gasteiger partial charge on any atom is 0.151 e. The lowest BCUT2D eigenvalue weighted by Crippen LogP contribution is -2.45. The lowest BCUT2D eigenvalue weighted by molar-refractivity contribution is 0.124. The van der Waals surface area contributed by atoms with Crippen molar-refractivity contribution < 1.29 is 18.3 Å². The number of hydrogen-bond donors (Lipinski definition) is 2. The van der Waals surface area contributed by atoms with Gasteiger partial charge in [0.2, 0.25) is 0 Å². The first kappa shape index (κ1) is 14.8. The second-order valence-corrected chi connectivity index (χ2v) is 6.00. The molecule has 0 heterocycles. The molecule has 5 nitrogen and oxygen atoms in total. The molecule has 0 fully saturated rings. The Morgan fingerprint density at radius 2 is 2.07 bits per heavy atom. The molecule has 2 unspecified atom stereocenters. The van der Waals surface area contributed by atoms with Crippen LogP contribution in [0.25, 0.3) is 0 Å². The molecule has 0 aromatic rings. The first-order chi connectivity index (χ1) is 6.95. The maximum atomic E-state index is 11.3. The first-order valence-electron chi connectivity index (χ1n) is 5.01.